The van der Waals surface area contributed by atoms with E-state index in [1.165, 1.54) is 0 Å². The lowest BCUT2D eigenvalue weighted by atomic mass is 9.95. The minimum absolute atomic E-state index is 0. The van der Waals surface area contributed by atoms with Crippen LogP contribution in [0, 0.1) is 12.8 Å². The summed E-state index contributed by atoms with van der Waals surface area (Å²) in [6.07, 6.45) is 4.32. The van der Waals surface area contributed by atoms with Gasteiger partial charge >= 0.3 is 5.63 Å². The molecule has 1 aromatic rings. The average Bonchev–Trinajstić information content (AvgIpc) is 2.68. The van der Waals surface area contributed by atoms with Crippen molar-refractivity contribution in [2.75, 3.05) is 32.7 Å². The summed E-state index contributed by atoms with van der Waals surface area (Å²) in [5.74, 6) is 1.05. The third-order valence-corrected chi connectivity index (χ3v) is 5.85. The number of hydrogen-bond donors (Lipinski definition) is 2. The van der Waals surface area contributed by atoms with Gasteiger partial charge in [0.2, 0.25) is 5.91 Å². The summed E-state index contributed by atoms with van der Waals surface area (Å²) < 4.78 is 5.45. The largest absolute Gasteiger partial charge is 0.427 e. The molecule has 3 heterocycles. The molecule has 0 radical (unpaired) electrons. The van der Waals surface area contributed by atoms with Crippen molar-refractivity contribution in [3.8, 4) is 0 Å². The van der Waals surface area contributed by atoms with Gasteiger partial charge in [-0.1, -0.05) is 6.92 Å². The summed E-state index contributed by atoms with van der Waals surface area (Å²) in [6.45, 7) is 7.51. The predicted octanol–water partition coefficient (Wildman–Crippen LogP) is 2.22. The molecule has 1 aromatic heterocycles. The molecule has 2 saturated heterocycles. The minimum Gasteiger partial charge on any atom is -0.427 e. The highest BCUT2D eigenvalue weighted by atomic mass is 35.5. The Hall–Kier alpha value is -1.86. The number of carbonyl (C=O) groups excluding carboxylic acids is 2. The lowest BCUT2D eigenvalue weighted by molar-refractivity contribution is -0.132. The summed E-state index contributed by atoms with van der Waals surface area (Å²) in [7, 11) is 0. The van der Waals surface area contributed by atoms with Crippen molar-refractivity contribution >= 4 is 24.2 Å². The third kappa shape index (κ3) is 6.06. The molecule has 2 aliphatic heterocycles. The van der Waals surface area contributed by atoms with Crippen molar-refractivity contribution in [3.05, 3.63) is 33.4 Å². The zero-order valence-electron chi connectivity index (χ0n) is 17.3. The Morgan fingerprint density at radius 2 is 2.00 bits per heavy atom. The number of nitrogens with zero attached hydrogens (tertiary/aromatic N) is 1. The fraction of sp³-hybridized carbons (Fsp3) is 0.667. The minimum atomic E-state index is -0.602. The normalized spacial score (nSPS) is 20.1. The molecule has 1 atom stereocenters. The smallest absolute Gasteiger partial charge is 0.349 e. The van der Waals surface area contributed by atoms with Crippen LogP contribution < -0.4 is 16.3 Å². The lowest BCUT2D eigenvalue weighted by Crippen LogP contribution is -2.40. The Kier molecular flexibility index (Phi) is 8.71. The van der Waals surface area contributed by atoms with Crippen LogP contribution in [0.4, 0.5) is 0 Å². The van der Waals surface area contributed by atoms with E-state index in [9.17, 15) is 14.4 Å². The Morgan fingerprint density at radius 3 is 2.62 bits per heavy atom. The van der Waals surface area contributed by atoms with Crippen LogP contribution in [0.2, 0.25) is 0 Å². The third-order valence-electron chi connectivity index (χ3n) is 5.85. The first-order valence-electron chi connectivity index (χ1n) is 10.4. The summed E-state index contributed by atoms with van der Waals surface area (Å²) in [4.78, 5) is 39.0. The van der Waals surface area contributed by atoms with Gasteiger partial charge in [-0.05, 0) is 56.7 Å². The Morgan fingerprint density at radius 1 is 1.28 bits per heavy atom. The van der Waals surface area contributed by atoms with E-state index in [1.54, 1.807) is 13.0 Å². The molecule has 2 amide bonds. The first-order valence-corrected chi connectivity index (χ1v) is 10.4. The molecule has 0 saturated carbocycles. The number of halogens is 1. The fourth-order valence-corrected chi connectivity index (χ4v) is 3.99. The van der Waals surface area contributed by atoms with Crippen LogP contribution >= 0.6 is 12.4 Å². The molecule has 7 nitrogen and oxygen atoms in total. The van der Waals surface area contributed by atoms with Crippen LogP contribution in [-0.2, 0) is 4.79 Å². The standard InChI is InChI=1S/C21H31N3O4.ClH/c1-14-6-10-24(11-7-14)18(25)5-9-23-20(26)19-15(2)12-17(28-21(19)27)16-4-3-8-22-13-16;/h12,14,16,22H,3-11,13H2,1-2H3,(H,23,26);1H. The molecule has 1 unspecified atom stereocenters. The van der Waals surface area contributed by atoms with Gasteiger partial charge < -0.3 is 20.0 Å². The molecule has 0 aromatic carbocycles. The number of likely N-dealkylation sites (tertiary alicyclic amines) is 1. The van der Waals surface area contributed by atoms with E-state index < -0.39 is 11.5 Å². The molecule has 0 aliphatic carbocycles. The predicted molar refractivity (Wildman–Crippen MR) is 114 cm³/mol. The van der Waals surface area contributed by atoms with E-state index >= 15 is 0 Å². The number of aryl methyl sites for hydroxylation is 1. The van der Waals surface area contributed by atoms with Crippen LogP contribution in [0.15, 0.2) is 15.3 Å². The second-order valence-electron chi connectivity index (χ2n) is 8.11. The summed E-state index contributed by atoms with van der Waals surface area (Å²) in [5.41, 5.74) is 0.0480. The quantitative estimate of drug-likeness (QED) is 0.754. The molecule has 0 bridgehead atoms. The summed E-state index contributed by atoms with van der Waals surface area (Å²) in [5, 5.41) is 6.00. The first kappa shape index (κ1) is 23.4. The number of rotatable bonds is 5. The molecule has 0 spiro atoms. The van der Waals surface area contributed by atoms with Crippen LogP contribution in [0.25, 0.3) is 0 Å². The maximum absolute atomic E-state index is 12.5. The van der Waals surface area contributed by atoms with E-state index in [1.807, 2.05) is 4.90 Å². The number of piperidine rings is 2. The number of carbonyl (C=O) groups is 2. The van der Waals surface area contributed by atoms with Gasteiger partial charge in [0.25, 0.3) is 5.91 Å². The van der Waals surface area contributed by atoms with E-state index in [4.69, 9.17) is 4.42 Å². The second-order valence-corrected chi connectivity index (χ2v) is 8.11. The van der Waals surface area contributed by atoms with Crippen molar-refractivity contribution in [1.82, 2.24) is 15.5 Å². The maximum Gasteiger partial charge on any atom is 0.349 e. The fourth-order valence-electron chi connectivity index (χ4n) is 3.99. The average molecular weight is 426 g/mol. The molecular formula is C21H32ClN3O4. The van der Waals surface area contributed by atoms with Gasteiger partial charge in [0.05, 0.1) is 0 Å². The van der Waals surface area contributed by atoms with Gasteiger partial charge in [0.15, 0.2) is 0 Å². The van der Waals surface area contributed by atoms with Gasteiger partial charge in [0.1, 0.15) is 11.3 Å². The topological polar surface area (TPSA) is 91.6 Å². The van der Waals surface area contributed by atoms with Crippen LogP contribution in [-0.4, -0.2) is 49.4 Å². The Bertz CT molecular complexity index is 766. The van der Waals surface area contributed by atoms with Gasteiger partial charge in [-0.3, -0.25) is 9.59 Å². The van der Waals surface area contributed by atoms with Crippen LogP contribution in [0.5, 0.6) is 0 Å². The van der Waals surface area contributed by atoms with E-state index in [-0.39, 0.29) is 42.8 Å². The van der Waals surface area contributed by atoms with E-state index in [0.717, 1.165) is 51.9 Å². The number of hydrogen-bond acceptors (Lipinski definition) is 5. The van der Waals surface area contributed by atoms with Crippen molar-refractivity contribution in [3.63, 3.8) is 0 Å². The molecule has 29 heavy (non-hydrogen) atoms. The van der Waals surface area contributed by atoms with E-state index in [2.05, 4.69) is 17.6 Å². The van der Waals surface area contributed by atoms with Crippen molar-refractivity contribution in [1.29, 1.82) is 0 Å². The molecule has 162 valence electrons. The van der Waals surface area contributed by atoms with Gasteiger partial charge in [-0.2, -0.15) is 0 Å². The second kappa shape index (κ2) is 10.8. The molecule has 2 aliphatic rings. The van der Waals surface area contributed by atoms with Crippen molar-refractivity contribution in [2.45, 2.75) is 51.9 Å². The highest BCUT2D eigenvalue weighted by Gasteiger charge is 2.23. The first-order chi connectivity index (χ1) is 13.5. The zero-order valence-corrected chi connectivity index (χ0v) is 18.1. The SMILES string of the molecule is Cc1cc(C2CCCNC2)oc(=O)c1C(=O)NCCC(=O)N1CCC(C)CC1.Cl. The highest BCUT2D eigenvalue weighted by Crippen LogP contribution is 2.23. The summed E-state index contributed by atoms with van der Waals surface area (Å²) in [6, 6.07) is 1.80. The molecule has 2 N–H and O–H groups in total. The zero-order chi connectivity index (χ0) is 20.1. The van der Waals surface area contributed by atoms with Crippen molar-refractivity contribution < 1.29 is 14.0 Å². The van der Waals surface area contributed by atoms with Crippen LogP contribution in [0.1, 0.15) is 66.6 Å². The monoisotopic (exact) mass is 425 g/mol. The number of amides is 2. The van der Waals surface area contributed by atoms with Crippen LogP contribution in [0.3, 0.4) is 0 Å². The van der Waals surface area contributed by atoms with Crippen molar-refractivity contribution in [2.24, 2.45) is 5.92 Å². The maximum atomic E-state index is 12.5. The molecule has 2 fully saturated rings. The molecular weight excluding hydrogens is 394 g/mol. The van der Waals surface area contributed by atoms with Gasteiger partial charge in [-0.25, -0.2) is 4.79 Å². The molecule has 8 heteroatoms. The Balaban J connectivity index is 0.00000300. The Labute approximate surface area is 178 Å². The lowest BCUT2D eigenvalue weighted by Gasteiger charge is -2.30. The van der Waals surface area contributed by atoms with Gasteiger partial charge in [-0.15, -0.1) is 12.4 Å². The summed E-state index contributed by atoms with van der Waals surface area (Å²) >= 11 is 0. The number of nitrogens with one attached hydrogen (secondary N) is 2. The van der Waals surface area contributed by atoms with E-state index in [0.29, 0.717) is 17.2 Å². The highest BCUT2D eigenvalue weighted by molar-refractivity contribution is 5.95. The van der Waals surface area contributed by atoms with Gasteiger partial charge in [0, 0.05) is 38.5 Å². The molecule has 3 rings (SSSR count).